The molecule has 0 aliphatic carbocycles. The summed E-state index contributed by atoms with van der Waals surface area (Å²) in [7, 11) is 0. The van der Waals surface area contributed by atoms with Gasteiger partial charge in [0.2, 0.25) is 0 Å². The van der Waals surface area contributed by atoms with Gasteiger partial charge in [0.1, 0.15) is 6.07 Å². The first kappa shape index (κ1) is 12.0. The van der Waals surface area contributed by atoms with Gasteiger partial charge in [-0.1, -0.05) is 30.3 Å². The molecule has 1 aromatic carbocycles. The molecule has 3 nitrogen and oxygen atoms in total. The van der Waals surface area contributed by atoms with Crippen LogP contribution in [0.5, 0.6) is 0 Å². The summed E-state index contributed by atoms with van der Waals surface area (Å²) in [6.07, 6.45) is 1.80. The van der Waals surface area contributed by atoms with Crippen LogP contribution in [0.2, 0.25) is 0 Å². The zero-order valence-electron chi connectivity index (χ0n) is 10.4. The van der Waals surface area contributed by atoms with E-state index in [1.54, 1.807) is 6.08 Å². The monoisotopic (exact) mass is 235 g/mol. The third-order valence-electron chi connectivity index (χ3n) is 2.45. The number of hydrogen-bond acceptors (Lipinski definition) is 3. The normalized spacial score (nSPS) is 11.1. The van der Waals surface area contributed by atoms with Crippen LogP contribution in [-0.2, 0) is 0 Å². The summed E-state index contributed by atoms with van der Waals surface area (Å²) in [5.74, 6) is 0.485. The van der Waals surface area contributed by atoms with Crippen LogP contribution >= 0.6 is 0 Å². The van der Waals surface area contributed by atoms with E-state index >= 15 is 0 Å². The van der Waals surface area contributed by atoms with E-state index in [0.29, 0.717) is 11.4 Å². The first-order chi connectivity index (χ1) is 8.69. The molecule has 2 rings (SSSR count). The molecule has 1 heterocycles. The van der Waals surface area contributed by atoms with Crippen LogP contribution in [-0.4, -0.2) is 9.97 Å². The van der Waals surface area contributed by atoms with E-state index in [-0.39, 0.29) is 0 Å². The first-order valence-electron chi connectivity index (χ1n) is 5.68. The minimum atomic E-state index is 0.480. The maximum Gasteiger partial charge on any atom is 0.170 e. The Bertz CT molecular complexity index is 602. The molecule has 3 heteroatoms. The lowest BCUT2D eigenvalue weighted by Gasteiger charge is -2.01. The molecule has 18 heavy (non-hydrogen) atoms. The van der Waals surface area contributed by atoms with Crippen LogP contribution in [0.25, 0.3) is 11.6 Å². The van der Waals surface area contributed by atoms with Crippen molar-refractivity contribution in [3.63, 3.8) is 0 Å². The molecule has 0 aliphatic rings. The number of aryl methyl sites for hydroxylation is 2. The van der Waals surface area contributed by atoms with E-state index in [1.165, 1.54) is 0 Å². The number of nitrogens with zero attached hydrogens (tertiary/aromatic N) is 3. The van der Waals surface area contributed by atoms with Crippen LogP contribution in [0.3, 0.4) is 0 Å². The molecule has 0 N–H and O–H groups in total. The van der Waals surface area contributed by atoms with E-state index in [9.17, 15) is 5.26 Å². The number of hydrogen-bond donors (Lipinski definition) is 0. The van der Waals surface area contributed by atoms with E-state index in [2.05, 4.69) is 16.0 Å². The SMILES string of the molecule is Cc1cc(C)nc(/C(C#N)=C\c2ccccc2)n1. The van der Waals surface area contributed by atoms with Crippen molar-refractivity contribution >= 4 is 11.6 Å². The largest absolute Gasteiger partial charge is 0.233 e. The summed E-state index contributed by atoms with van der Waals surface area (Å²) in [5.41, 5.74) is 3.18. The van der Waals surface area contributed by atoms with Crippen molar-refractivity contribution in [3.05, 3.63) is 59.2 Å². The van der Waals surface area contributed by atoms with Gasteiger partial charge in [0.25, 0.3) is 0 Å². The van der Waals surface area contributed by atoms with Gasteiger partial charge in [-0.2, -0.15) is 5.26 Å². The number of aromatic nitrogens is 2. The lowest BCUT2D eigenvalue weighted by atomic mass is 10.1. The van der Waals surface area contributed by atoms with E-state index < -0.39 is 0 Å². The van der Waals surface area contributed by atoms with E-state index in [1.807, 2.05) is 50.2 Å². The fourth-order valence-electron chi connectivity index (χ4n) is 1.71. The highest BCUT2D eigenvalue weighted by Crippen LogP contribution is 2.14. The Morgan fingerprint density at radius 3 is 2.28 bits per heavy atom. The van der Waals surface area contributed by atoms with Gasteiger partial charge in [-0.15, -0.1) is 0 Å². The molecule has 0 saturated heterocycles. The van der Waals surface area contributed by atoms with Crippen molar-refractivity contribution in [2.75, 3.05) is 0 Å². The predicted octanol–water partition coefficient (Wildman–Crippen LogP) is 3.16. The highest BCUT2D eigenvalue weighted by atomic mass is 14.9. The van der Waals surface area contributed by atoms with Crippen LogP contribution in [0.4, 0.5) is 0 Å². The summed E-state index contributed by atoms with van der Waals surface area (Å²) in [6, 6.07) is 13.7. The number of allylic oxidation sites excluding steroid dienone is 1. The van der Waals surface area contributed by atoms with Crippen LogP contribution in [0, 0.1) is 25.2 Å². The Balaban J connectivity index is 2.46. The number of rotatable bonds is 2. The van der Waals surface area contributed by atoms with E-state index in [0.717, 1.165) is 17.0 Å². The second-order valence-electron chi connectivity index (χ2n) is 4.05. The molecule has 0 spiro atoms. The van der Waals surface area contributed by atoms with Crippen molar-refractivity contribution in [3.8, 4) is 6.07 Å². The average molecular weight is 235 g/mol. The Morgan fingerprint density at radius 2 is 1.72 bits per heavy atom. The molecule has 0 fully saturated rings. The van der Waals surface area contributed by atoms with Crippen molar-refractivity contribution in [1.29, 1.82) is 5.26 Å². The smallest absolute Gasteiger partial charge is 0.170 e. The molecule has 0 unspecified atom stereocenters. The van der Waals surface area contributed by atoms with Crippen molar-refractivity contribution < 1.29 is 0 Å². The molecule has 0 atom stereocenters. The third-order valence-corrected chi connectivity index (χ3v) is 2.45. The molecule has 0 saturated carbocycles. The molecule has 0 radical (unpaired) electrons. The predicted molar refractivity (Wildman–Crippen MR) is 71.4 cm³/mol. The summed E-state index contributed by atoms with van der Waals surface area (Å²) >= 11 is 0. The molecular weight excluding hydrogens is 222 g/mol. The minimum Gasteiger partial charge on any atom is -0.233 e. The average Bonchev–Trinajstić information content (AvgIpc) is 2.36. The fraction of sp³-hybridized carbons (Fsp3) is 0.133. The maximum absolute atomic E-state index is 9.22. The lowest BCUT2D eigenvalue weighted by Crippen LogP contribution is -1.97. The topological polar surface area (TPSA) is 49.6 Å². The number of nitriles is 1. The Kier molecular flexibility index (Phi) is 3.49. The molecule has 0 aliphatic heterocycles. The molecule has 0 amide bonds. The molecule has 2 aromatic rings. The Labute approximate surface area is 106 Å². The van der Waals surface area contributed by atoms with Gasteiger partial charge < -0.3 is 0 Å². The van der Waals surface area contributed by atoms with Gasteiger partial charge in [-0.3, -0.25) is 0 Å². The lowest BCUT2D eigenvalue weighted by molar-refractivity contribution is 1.03. The molecular formula is C15H13N3. The molecule has 0 bridgehead atoms. The zero-order valence-corrected chi connectivity index (χ0v) is 10.4. The summed E-state index contributed by atoms with van der Waals surface area (Å²) in [5, 5.41) is 9.22. The molecule has 1 aromatic heterocycles. The first-order valence-corrected chi connectivity index (χ1v) is 5.68. The maximum atomic E-state index is 9.22. The summed E-state index contributed by atoms with van der Waals surface area (Å²) in [4.78, 5) is 8.60. The van der Waals surface area contributed by atoms with Crippen LogP contribution in [0.15, 0.2) is 36.4 Å². The van der Waals surface area contributed by atoms with Gasteiger partial charge in [0, 0.05) is 11.4 Å². The summed E-state index contributed by atoms with van der Waals surface area (Å²) < 4.78 is 0. The van der Waals surface area contributed by atoms with Crippen molar-refractivity contribution in [2.24, 2.45) is 0 Å². The highest BCUT2D eigenvalue weighted by molar-refractivity contribution is 5.86. The van der Waals surface area contributed by atoms with Gasteiger partial charge in [-0.25, -0.2) is 9.97 Å². The zero-order chi connectivity index (χ0) is 13.0. The van der Waals surface area contributed by atoms with Gasteiger partial charge in [0.15, 0.2) is 5.82 Å². The third kappa shape index (κ3) is 2.80. The van der Waals surface area contributed by atoms with Gasteiger partial charge in [-0.05, 0) is 31.6 Å². The quantitative estimate of drug-likeness (QED) is 0.751. The van der Waals surface area contributed by atoms with Crippen molar-refractivity contribution in [1.82, 2.24) is 9.97 Å². The van der Waals surface area contributed by atoms with Gasteiger partial charge >= 0.3 is 0 Å². The summed E-state index contributed by atoms with van der Waals surface area (Å²) in [6.45, 7) is 3.80. The Morgan fingerprint density at radius 1 is 1.11 bits per heavy atom. The number of benzene rings is 1. The van der Waals surface area contributed by atoms with Crippen molar-refractivity contribution in [2.45, 2.75) is 13.8 Å². The van der Waals surface area contributed by atoms with Crippen LogP contribution in [0.1, 0.15) is 22.8 Å². The van der Waals surface area contributed by atoms with Crippen LogP contribution < -0.4 is 0 Å². The molecule has 88 valence electrons. The van der Waals surface area contributed by atoms with Gasteiger partial charge in [0.05, 0.1) is 5.57 Å². The second kappa shape index (κ2) is 5.24. The van der Waals surface area contributed by atoms with E-state index in [4.69, 9.17) is 0 Å². The Hall–Kier alpha value is -2.47. The fourth-order valence-corrected chi connectivity index (χ4v) is 1.71. The minimum absolute atomic E-state index is 0.480. The highest BCUT2D eigenvalue weighted by Gasteiger charge is 2.06. The second-order valence-corrected chi connectivity index (χ2v) is 4.05. The standard InChI is InChI=1S/C15H13N3/c1-11-8-12(2)18-15(17-11)14(10-16)9-13-6-4-3-5-7-13/h3-9H,1-2H3/b14-9-.